The molecule has 17 heavy (non-hydrogen) atoms. The summed E-state index contributed by atoms with van der Waals surface area (Å²) in [6.07, 6.45) is 3.16. The fourth-order valence-electron chi connectivity index (χ4n) is 1.94. The zero-order chi connectivity index (χ0) is 12.4. The van der Waals surface area contributed by atoms with Crippen molar-refractivity contribution in [2.45, 2.75) is 26.2 Å². The van der Waals surface area contributed by atoms with E-state index in [0.29, 0.717) is 0 Å². The van der Waals surface area contributed by atoms with Crippen LogP contribution in [-0.4, -0.2) is 20.6 Å². The lowest BCUT2D eigenvalue weighted by molar-refractivity contribution is 0.0697. The topological polar surface area (TPSA) is 55.1 Å². The Bertz CT molecular complexity index is 558. The van der Waals surface area contributed by atoms with E-state index >= 15 is 0 Å². The first-order valence-electron chi connectivity index (χ1n) is 5.82. The van der Waals surface area contributed by atoms with E-state index in [2.05, 4.69) is 11.9 Å². The standard InChI is InChI=1S/C13H16N2O2/c1-3-4-5-12-14-10-8-9(13(16)17)6-7-11(10)15(12)2/h6-8H,3-5H2,1-2H3,(H,16,17). The highest BCUT2D eigenvalue weighted by Gasteiger charge is 2.10. The normalized spacial score (nSPS) is 10.9. The lowest BCUT2D eigenvalue weighted by Gasteiger charge is -2.00. The zero-order valence-electron chi connectivity index (χ0n) is 10.1. The van der Waals surface area contributed by atoms with Gasteiger partial charge in [-0.25, -0.2) is 9.78 Å². The van der Waals surface area contributed by atoms with Crippen molar-refractivity contribution in [1.82, 2.24) is 9.55 Å². The highest BCUT2D eigenvalue weighted by atomic mass is 16.4. The van der Waals surface area contributed by atoms with Crippen molar-refractivity contribution >= 4 is 17.0 Å². The molecule has 0 saturated carbocycles. The van der Waals surface area contributed by atoms with Crippen LogP contribution in [0.15, 0.2) is 18.2 Å². The van der Waals surface area contributed by atoms with Crippen LogP contribution in [0.4, 0.5) is 0 Å². The lowest BCUT2D eigenvalue weighted by atomic mass is 10.2. The third kappa shape index (κ3) is 2.16. The Morgan fingerprint density at radius 3 is 2.88 bits per heavy atom. The van der Waals surface area contributed by atoms with Gasteiger partial charge in [0, 0.05) is 13.5 Å². The molecule has 0 aliphatic carbocycles. The quantitative estimate of drug-likeness (QED) is 0.881. The number of fused-ring (bicyclic) bond motifs is 1. The van der Waals surface area contributed by atoms with Crippen LogP contribution in [0.5, 0.6) is 0 Å². The number of imidazole rings is 1. The van der Waals surface area contributed by atoms with E-state index in [1.165, 1.54) is 0 Å². The molecular weight excluding hydrogens is 216 g/mol. The van der Waals surface area contributed by atoms with Gasteiger partial charge in [0.05, 0.1) is 16.6 Å². The number of benzene rings is 1. The van der Waals surface area contributed by atoms with Crippen molar-refractivity contribution in [3.05, 3.63) is 29.6 Å². The molecule has 0 fully saturated rings. The molecule has 1 heterocycles. The molecule has 2 rings (SSSR count). The second-order valence-corrected chi connectivity index (χ2v) is 4.20. The Balaban J connectivity index is 2.45. The maximum atomic E-state index is 10.9. The summed E-state index contributed by atoms with van der Waals surface area (Å²) < 4.78 is 2.04. The van der Waals surface area contributed by atoms with Crippen molar-refractivity contribution in [1.29, 1.82) is 0 Å². The maximum absolute atomic E-state index is 10.9. The Labute approximate surface area is 99.9 Å². The number of rotatable bonds is 4. The number of hydrogen-bond donors (Lipinski definition) is 1. The first-order valence-corrected chi connectivity index (χ1v) is 5.82. The monoisotopic (exact) mass is 232 g/mol. The number of carbonyl (C=O) groups is 1. The molecule has 1 N–H and O–H groups in total. The van der Waals surface area contributed by atoms with Gasteiger partial charge < -0.3 is 9.67 Å². The zero-order valence-corrected chi connectivity index (χ0v) is 10.1. The van der Waals surface area contributed by atoms with E-state index in [4.69, 9.17) is 5.11 Å². The second-order valence-electron chi connectivity index (χ2n) is 4.20. The summed E-state index contributed by atoms with van der Waals surface area (Å²) in [7, 11) is 1.97. The van der Waals surface area contributed by atoms with E-state index in [1.54, 1.807) is 12.1 Å². The van der Waals surface area contributed by atoms with Gasteiger partial charge in [-0.3, -0.25) is 0 Å². The van der Waals surface area contributed by atoms with Crippen LogP contribution in [0.1, 0.15) is 35.9 Å². The number of aromatic carboxylic acids is 1. The molecule has 0 aliphatic heterocycles. The van der Waals surface area contributed by atoms with Gasteiger partial charge in [-0.2, -0.15) is 0 Å². The number of nitrogens with zero attached hydrogens (tertiary/aromatic N) is 2. The summed E-state index contributed by atoms with van der Waals surface area (Å²) in [4.78, 5) is 15.4. The largest absolute Gasteiger partial charge is 0.478 e. The Morgan fingerprint density at radius 2 is 2.24 bits per heavy atom. The van der Waals surface area contributed by atoms with Crippen molar-refractivity contribution in [2.24, 2.45) is 7.05 Å². The molecule has 1 aromatic carbocycles. The first-order chi connectivity index (χ1) is 8.13. The van der Waals surface area contributed by atoms with Gasteiger partial charge >= 0.3 is 5.97 Å². The molecule has 0 unspecified atom stereocenters. The predicted molar refractivity (Wildman–Crippen MR) is 66.3 cm³/mol. The fraction of sp³-hybridized carbons (Fsp3) is 0.385. The van der Waals surface area contributed by atoms with Crippen LogP contribution in [0.25, 0.3) is 11.0 Å². The molecule has 0 amide bonds. The SMILES string of the molecule is CCCCc1nc2cc(C(=O)O)ccc2n1C. The minimum Gasteiger partial charge on any atom is -0.478 e. The fourth-order valence-corrected chi connectivity index (χ4v) is 1.94. The van der Waals surface area contributed by atoms with E-state index < -0.39 is 5.97 Å². The second kappa shape index (κ2) is 4.57. The van der Waals surface area contributed by atoms with E-state index in [9.17, 15) is 4.79 Å². The van der Waals surface area contributed by atoms with Crippen LogP contribution in [0.3, 0.4) is 0 Å². The molecule has 0 aliphatic rings. The summed E-state index contributed by atoms with van der Waals surface area (Å²) in [5.74, 6) is 0.108. The van der Waals surface area contributed by atoms with Gasteiger partial charge in [0.25, 0.3) is 0 Å². The van der Waals surface area contributed by atoms with Crippen LogP contribution in [0.2, 0.25) is 0 Å². The number of carboxylic acids is 1. The number of hydrogen-bond acceptors (Lipinski definition) is 2. The highest BCUT2D eigenvalue weighted by molar-refractivity contribution is 5.92. The minimum absolute atomic E-state index is 0.289. The smallest absolute Gasteiger partial charge is 0.335 e. The highest BCUT2D eigenvalue weighted by Crippen LogP contribution is 2.18. The third-order valence-corrected chi connectivity index (χ3v) is 2.97. The first kappa shape index (κ1) is 11.6. The summed E-state index contributed by atoms with van der Waals surface area (Å²) >= 11 is 0. The van der Waals surface area contributed by atoms with Gasteiger partial charge in [-0.15, -0.1) is 0 Å². The number of aromatic nitrogens is 2. The number of carboxylic acid groups (broad SMARTS) is 1. The van der Waals surface area contributed by atoms with E-state index in [-0.39, 0.29) is 5.56 Å². The van der Waals surface area contributed by atoms with E-state index in [0.717, 1.165) is 36.1 Å². The maximum Gasteiger partial charge on any atom is 0.335 e. The van der Waals surface area contributed by atoms with Crippen molar-refractivity contribution < 1.29 is 9.90 Å². The van der Waals surface area contributed by atoms with Crippen molar-refractivity contribution in [3.63, 3.8) is 0 Å². The average Bonchev–Trinajstić information content (AvgIpc) is 2.63. The van der Waals surface area contributed by atoms with Crippen molar-refractivity contribution in [2.75, 3.05) is 0 Å². The van der Waals surface area contributed by atoms with Gasteiger partial charge in [0.1, 0.15) is 5.82 Å². The molecule has 2 aromatic rings. The van der Waals surface area contributed by atoms with Gasteiger partial charge in [-0.1, -0.05) is 13.3 Å². The van der Waals surface area contributed by atoms with Gasteiger partial charge in [0.15, 0.2) is 0 Å². The molecule has 1 aromatic heterocycles. The Hall–Kier alpha value is -1.84. The third-order valence-electron chi connectivity index (χ3n) is 2.97. The molecule has 4 nitrogen and oxygen atoms in total. The van der Waals surface area contributed by atoms with E-state index in [1.807, 2.05) is 17.7 Å². The molecule has 0 atom stereocenters. The summed E-state index contributed by atoms with van der Waals surface area (Å²) in [6.45, 7) is 2.14. The van der Waals surface area contributed by atoms with Gasteiger partial charge in [0.2, 0.25) is 0 Å². The van der Waals surface area contributed by atoms with Crippen LogP contribution >= 0.6 is 0 Å². The molecule has 4 heteroatoms. The minimum atomic E-state index is -0.910. The summed E-state index contributed by atoms with van der Waals surface area (Å²) in [6, 6.07) is 5.07. The number of aryl methyl sites for hydroxylation is 2. The molecule has 0 bridgehead atoms. The summed E-state index contributed by atoms with van der Waals surface area (Å²) in [5, 5.41) is 8.93. The van der Waals surface area contributed by atoms with Crippen LogP contribution in [-0.2, 0) is 13.5 Å². The van der Waals surface area contributed by atoms with Gasteiger partial charge in [-0.05, 0) is 24.6 Å². The molecule has 0 saturated heterocycles. The molecule has 0 spiro atoms. The van der Waals surface area contributed by atoms with Crippen LogP contribution in [0, 0.1) is 0 Å². The Morgan fingerprint density at radius 1 is 1.47 bits per heavy atom. The summed E-state index contributed by atoms with van der Waals surface area (Å²) in [5.41, 5.74) is 2.04. The predicted octanol–water partition coefficient (Wildman–Crippen LogP) is 2.61. The van der Waals surface area contributed by atoms with Crippen LogP contribution < -0.4 is 0 Å². The molecular formula is C13H16N2O2. The lowest BCUT2D eigenvalue weighted by Crippen LogP contribution is -1.97. The Kier molecular flexibility index (Phi) is 3.13. The van der Waals surface area contributed by atoms with Crippen molar-refractivity contribution in [3.8, 4) is 0 Å². The molecule has 90 valence electrons. The molecule has 0 radical (unpaired) electrons. The number of unbranched alkanes of at least 4 members (excludes halogenated alkanes) is 1. The average molecular weight is 232 g/mol.